The topological polar surface area (TPSA) is 58.2 Å². The minimum Gasteiger partial charge on any atom is -0.351 e. The van der Waals surface area contributed by atoms with E-state index in [1.807, 2.05) is 0 Å². The summed E-state index contributed by atoms with van der Waals surface area (Å²) in [4.78, 5) is 21.8. The Hall–Kier alpha value is -1.06. The van der Waals surface area contributed by atoms with Gasteiger partial charge >= 0.3 is 11.8 Å². The van der Waals surface area contributed by atoms with E-state index in [0.29, 0.717) is 0 Å². The third-order valence-electron chi connectivity index (χ3n) is 2.12. The number of nitrogens with one attached hydrogen (secondary N) is 2. The maximum absolute atomic E-state index is 11.0. The fourth-order valence-electron chi connectivity index (χ4n) is 1.43. The summed E-state index contributed by atoms with van der Waals surface area (Å²) in [5, 5.41) is 4.97. The Morgan fingerprint density at radius 1 is 1.17 bits per heavy atom. The van der Waals surface area contributed by atoms with Crippen LogP contribution in [0.25, 0.3) is 0 Å². The number of amides is 2. The summed E-state index contributed by atoms with van der Waals surface area (Å²) in [5.41, 5.74) is 0. The van der Waals surface area contributed by atoms with E-state index in [2.05, 4.69) is 10.6 Å². The fraction of sp³-hybridized carbons (Fsp3) is 0.750. The molecule has 12 heavy (non-hydrogen) atoms. The van der Waals surface area contributed by atoms with E-state index in [1.54, 1.807) is 0 Å². The van der Waals surface area contributed by atoms with Crippen LogP contribution in [0, 0.1) is 0 Å². The maximum atomic E-state index is 11.0. The molecular weight excluding hydrogens is 156 g/mol. The van der Waals surface area contributed by atoms with Crippen LogP contribution in [0.3, 0.4) is 0 Å². The second kappa shape index (κ2) is 4.09. The van der Waals surface area contributed by atoms with E-state index in [4.69, 9.17) is 0 Å². The number of carbonyl (C=O) groups is 2. The summed E-state index contributed by atoms with van der Waals surface area (Å²) < 4.78 is 0. The van der Waals surface area contributed by atoms with Crippen LogP contribution in [-0.2, 0) is 9.59 Å². The molecule has 0 radical (unpaired) electrons. The summed E-state index contributed by atoms with van der Waals surface area (Å²) in [7, 11) is 1.45. The van der Waals surface area contributed by atoms with E-state index in [0.717, 1.165) is 25.7 Å². The van der Waals surface area contributed by atoms with Gasteiger partial charge in [-0.25, -0.2) is 0 Å². The molecule has 0 spiro atoms. The predicted molar refractivity (Wildman–Crippen MR) is 44.5 cm³/mol. The highest BCUT2D eigenvalue weighted by Gasteiger charge is 2.20. The molecule has 1 rings (SSSR count). The average molecular weight is 170 g/mol. The lowest BCUT2D eigenvalue weighted by atomic mass is 10.2. The lowest BCUT2D eigenvalue weighted by Crippen LogP contribution is -2.42. The Morgan fingerprint density at radius 2 is 1.75 bits per heavy atom. The van der Waals surface area contributed by atoms with Gasteiger partial charge in [-0.3, -0.25) is 9.59 Å². The molecule has 4 heteroatoms. The minimum absolute atomic E-state index is 0.217. The molecular formula is C8H14N2O2. The molecule has 0 heterocycles. The normalized spacial score (nSPS) is 17.4. The molecule has 1 saturated carbocycles. The minimum atomic E-state index is -0.554. The van der Waals surface area contributed by atoms with Gasteiger partial charge in [0.05, 0.1) is 0 Å². The van der Waals surface area contributed by atoms with Gasteiger partial charge in [0.2, 0.25) is 0 Å². The van der Waals surface area contributed by atoms with Crippen LogP contribution in [0.2, 0.25) is 0 Å². The van der Waals surface area contributed by atoms with Crippen LogP contribution in [0.5, 0.6) is 0 Å². The van der Waals surface area contributed by atoms with Crippen molar-refractivity contribution in [1.82, 2.24) is 10.6 Å². The molecule has 1 aliphatic carbocycles. The highest BCUT2D eigenvalue weighted by atomic mass is 16.2. The van der Waals surface area contributed by atoms with Crippen LogP contribution in [0.1, 0.15) is 25.7 Å². The van der Waals surface area contributed by atoms with E-state index >= 15 is 0 Å². The number of rotatable bonds is 1. The van der Waals surface area contributed by atoms with Crippen LogP contribution in [0.15, 0.2) is 0 Å². The first-order chi connectivity index (χ1) is 5.74. The van der Waals surface area contributed by atoms with E-state index in [-0.39, 0.29) is 6.04 Å². The molecule has 0 saturated heterocycles. The smallest absolute Gasteiger partial charge is 0.309 e. The maximum Gasteiger partial charge on any atom is 0.309 e. The first-order valence-corrected chi connectivity index (χ1v) is 4.26. The monoisotopic (exact) mass is 170 g/mol. The van der Waals surface area contributed by atoms with E-state index < -0.39 is 11.8 Å². The predicted octanol–water partition coefficient (Wildman–Crippen LogP) is -0.209. The lowest BCUT2D eigenvalue weighted by molar-refractivity contribution is -0.139. The van der Waals surface area contributed by atoms with Crippen LogP contribution in [-0.4, -0.2) is 24.9 Å². The standard InChI is InChI=1S/C8H14N2O2/c1-9-7(11)8(12)10-6-4-2-3-5-6/h6H,2-5H2,1H3,(H,9,11)(H,10,12). The summed E-state index contributed by atoms with van der Waals surface area (Å²) in [5.74, 6) is -1.06. The fourth-order valence-corrected chi connectivity index (χ4v) is 1.43. The molecule has 4 nitrogen and oxygen atoms in total. The first-order valence-electron chi connectivity index (χ1n) is 4.26. The van der Waals surface area contributed by atoms with Gasteiger partial charge in [0.15, 0.2) is 0 Å². The zero-order chi connectivity index (χ0) is 8.97. The second-order valence-electron chi connectivity index (χ2n) is 3.03. The van der Waals surface area contributed by atoms with Gasteiger partial charge in [0, 0.05) is 13.1 Å². The summed E-state index contributed by atoms with van der Waals surface area (Å²) in [6.07, 6.45) is 4.31. The Labute approximate surface area is 71.7 Å². The van der Waals surface area contributed by atoms with E-state index in [9.17, 15) is 9.59 Å². The van der Waals surface area contributed by atoms with Gasteiger partial charge in [-0.15, -0.1) is 0 Å². The molecule has 0 aliphatic heterocycles. The quantitative estimate of drug-likeness (QED) is 0.535. The van der Waals surface area contributed by atoms with Gasteiger partial charge in [0.25, 0.3) is 0 Å². The molecule has 68 valence electrons. The van der Waals surface area contributed by atoms with Crippen molar-refractivity contribution in [2.24, 2.45) is 0 Å². The largest absolute Gasteiger partial charge is 0.351 e. The van der Waals surface area contributed by atoms with Gasteiger partial charge in [-0.05, 0) is 12.8 Å². The van der Waals surface area contributed by atoms with Crippen molar-refractivity contribution in [3.8, 4) is 0 Å². The molecule has 0 bridgehead atoms. The van der Waals surface area contributed by atoms with Gasteiger partial charge in [0.1, 0.15) is 0 Å². The third kappa shape index (κ3) is 2.22. The van der Waals surface area contributed by atoms with Crippen molar-refractivity contribution in [2.75, 3.05) is 7.05 Å². The van der Waals surface area contributed by atoms with Crippen molar-refractivity contribution >= 4 is 11.8 Å². The molecule has 2 amide bonds. The highest BCUT2D eigenvalue weighted by molar-refractivity contribution is 6.35. The Bertz CT molecular complexity index is 185. The number of likely N-dealkylation sites (N-methyl/N-ethyl adjacent to an activating group) is 1. The number of carbonyl (C=O) groups excluding carboxylic acids is 2. The molecule has 0 aromatic rings. The summed E-state index contributed by atoms with van der Waals surface area (Å²) in [6.45, 7) is 0. The zero-order valence-corrected chi connectivity index (χ0v) is 7.22. The average Bonchev–Trinajstić information content (AvgIpc) is 2.55. The summed E-state index contributed by atoms with van der Waals surface area (Å²) >= 11 is 0. The molecule has 0 unspecified atom stereocenters. The second-order valence-corrected chi connectivity index (χ2v) is 3.03. The van der Waals surface area contributed by atoms with Gasteiger partial charge in [-0.1, -0.05) is 12.8 Å². The van der Waals surface area contributed by atoms with Crippen molar-refractivity contribution in [2.45, 2.75) is 31.7 Å². The Kier molecular flexibility index (Phi) is 3.08. The number of hydrogen-bond acceptors (Lipinski definition) is 2. The van der Waals surface area contributed by atoms with Crippen LogP contribution in [0.4, 0.5) is 0 Å². The molecule has 1 aliphatic rings. The molecule has 1 fully saturated rings. The van der Waals surface area contributed by atoms with Gasteiger partial charge < -0.3 is 10.6 Å². The van der Waals surface area contributed by atoms with Crippen molar-refractivity contribution in [1.29, 1.82) is 0 Å². The van der Waals surface area contributed by atoms with Crippen LogP contribution < -0.4 is 10.6 Å². The zero-order valence-electron chi connectivity index (χ0n) is 7.22. The highest BCUT2D eigenvalue weighted by Crippen LogP contribution is 2.17. The Balaban J connectivity index is 2.29. The number of hydrogen-bond donors (Lipinski definition) is 2. The van der Waals surface area contributed by atoms with Crippen molar-refractivity contribution in [3.05, 3.63) is 0 Å². The molecule has 0 aromatic heterocycles. The Morgan fingerprint density at radius 3 is 2.25 bits per heavy atom. The summed E-state index contributed by atoms with van der Waals surface area (Å²) in [6, 6.07) is 0.217. The third-order valence-corrected chi connectivity index (χ3v) is 2.12. The SMILES string of the molecule is CNC(=O)C(=O)NC1CCCC1. The first kappa shape index (κ1) is 9.03. The molecule has 0 atom stereocenters. The van der Waals surface area contributed by atoms with E-state index in [1.165, 1.54) is 7.05 Å². The van der Waals surface area contributed by atoms with Gasteiger partial charge in [-0.2, -0.15) is 0 Å². The molecule has 2 N–H and O–H groups in total. The van der Waals surface area contributed by atoms with Crippen molar-refractivity contribution in [3.63, 3.8) is 0 Å². The van der Waals surface area contributed by atoms with Crippen molar-refractivity contribution < 1.29 is 9.59 Å². The molecule has 0 aromatic carbocycles. The lowest BCUT2D eigenvalue weighted by Gasteiger charge is -2.09. The van der Waals surface area contributed by atoms with Crippen LogP contribution >= 0.6 is 0 Å².